The van der Waals surface area contributed by atoms with Gasteiger partial charge in [-0.05, 0) is 51.4 Å². The summed E-state index contributed by atoms with van der Waals surface area (Å²) in [7, 11) is 0. The molecule has 0 saturated heterocycles. The second-order valence-corrected chi connectivity index (χ2v) is 5.16. The first-order valence-corrected chi connectivity index (χ1v) is 6.21. The summed E-state index contributed by atoms with van der Waals surface area (Å²) in [6.07, 6.45) is 8.17. The Kier molecular flexibility index (Phi) is 3.17. The molecule has 0 aromatic heterocycles. The van der Waals surface area contributed by atoms with Gasteiger partial charge in [-0.1, -0.05) is 23.6 Å². The van der Waals surface area contributed by atoms with E-state index in [1.54, 1.807) is 12.5 Å². The molecule has 2 nitrogen and oxygen atoms in total. The molecule has 0 aromatic rings. The quantitative estimate of drug-likeness (QED) is 0.571. The van der Waals surface area contributed by atoms with E-state index in [0.717, 1.165) is 12.3 Å². The standard InChI is InChI=1S/C14H20O2/c1-9-6-7-11-4-3-5-12(13(9)11)8-10(2)14(15)16/h8,11-12H,3-7H2,1-2H3,(H,15,16). The Morgan fingerprint density at radius 3 is 2.81 bits per heavy atom. The number of rotatable bonds is 2. The van der Waals surface area contributed by atoms with Gasteiger partial charge < -0.3 is 5.11 Å². The first kappa shape index (κ1) is 11.4. The van der Waals surface area contributed by atoms with Crippen LogP contribution in [0.3, 0.4) is 0 Å². The highest BCUT2D eigenvalue weighted by Gasteiger charge is 2.31. The Labute approximate surface area is 97.0 Å². The van der Waals surface area contributed by atoms with Gasteiger partial charge in [-0.2, -0.15) is 0 Å². The molecule has 2 aliphatic rings. The van der Waals surface area contributed by atoms with Crippen LogP contribution < -0.4 is 0 Å². The third-order valence-corrected chi connectivity index (χ3v) is 4.06. The van der Waals surface area contributed by atoms with Crippen LogP contribution in [0, 0.1) is 11.8 Å². The van der Waals surface area contributed by atoms with Gasteiger partial charge in [0.25, 0.3) is 0 Å². The molecule has 0 radical (unpaired) electrons. The number of hydrogen-bond donors (Lipinski definition) is 1. The maximum atomic E-state index is 10.9. The highest BCUT2D eigenvalue weighted by molar-refractivity contribution is 5.85. The monoisotopic (exact) mass is 220 g/mol. The number of aliphatic carboxylic acids is 1. The van der Waals surface area contributed by atoms with Gasteiger partial charge in [-0.3, -0.25) is 0 Å². The fourth-order valence-electron chi connectivity index (χ4n) is 3.24. The highest BCUT2D eigenvalue weighted by atomic mass is 16.4. The first-order valence-electron chi connectivity index (χ1n) is 6.21. The molecule has 2 aliphatic carbocycles. The molecule has 0 aliphatic heterocycles. The zero-order valence-electron chi connectivity index (χ0n) is 10.1. The first-order chi connectivity index (χ1) is 7.59. The van der Waals surface area contributed by atoms with E-state index < -0.39 is 5.97 Å². The van der Waals surface area contributed by atoms with E-state index in [1.807, 2.05) is 6.08 Å². The van der Waals surface area contributed by atoms with Crippen LogP contribution in [-0.4, -0.2) is 11.1 Å². The van der Waals surface area contributed by atoms with Crippen LogP contribution in [-0.2, 0) is 4.79 Å². The lowest BCUT2D eigenvalue weighted by Gasteiger charge is -2.28. The summed E-state index contributed by atoms with van der Waals surface area (Å²) >= 11 is 0. The lowest BCUT2D eigenvalue weighted by atomic mass is 9.77. The largest absolute Gasteiger partial charge is 0.478 e. The molecule has 2 atom stereocenters. The van der Waals surface area contributed by atoms with Gasteiger partial charge >= 0.3 is 5.97 Å². The van der Waals surface area contributed by atoms with Crippen LogP contribution in [0.25, 0.3) is 0 Å². The van der Waals surface area contributed by atoms with Crippen molar-refractivity contribution in [1.82, 2.24) is 0 Å². The SMILES string of the molecule is CC(=CC1CCCC2CCC(C)=C12)C(=O)O. The molecule has 2 heteroatoms. The van der Waals surface area contributed by atoms with E-state index in [-0.39, 0.29) is 0 Å². The van der Waals surface area contributed by atoms with Crippen molar-refractivity contribution in [3.05, 3.63) is 22.8 Å². The Bertz CT molecular complexity index is 363. The van der Waals surface area contributed by atoms with Crippen LogP contribution in [0.15, 0.2) is 22.8 Å². The minimum absolute atomic E-state index is 0.400. The zero-order chi connectivity index (χ0) is 11.7. The van der Waals surface area contributed by atoms with E-state index in [9.17, 15) is 4.79 Å². The molecule has 0 aromatic carbocycles. The van der Waals surface area contributed by atoms with Crippen LogP contribution in [0.5, 0.6) is 0 Å². The summed E-state index contributed by atoms with van der Waals surface area (Å²) in [6, 6.07) is 0. The van der Waals surface area contributed by atoms with Crippen molar-refractivity contribution in [2.24, 2.45) is 11.8 Å². The van der Waals surface area contributed by atoms with Crippen molar-refractivity contribution in [1.29, 1.82) is 0 Å². The summed E-state index contributed by atoms with van der Waals surface area (Å²) in [6.45, 7) is 3.92. The molecule has 0 heterocycles. The van der Waals surface area contributed by atoms with E-state index in [4.69, 9.17) is 5.11 Å². The third-order valence-electron chi connectivity index (χ3n) is 4.06. The second kappa shape index (κ2) is 4.44. The number of carbonyl (C=O) groups is 1. The molecule has 0 amide bonds. The minimum atomic E-state index is -0.779. The van der Waals surface area contributed by atoms with Crippen molar-refractivity contribution >= 4 is 5.97 Å². The molecule has 1 fully saturated rings. The number of carboxylic acids is 1. The summed E-state index contributed by atoms with van der Waals surface area (Å²) in [5.41, 5.74) is 3.58. The van der Waals surface area contributed by atoms with Gasteiger partial charge in [0.1, 0.15) is 0 Å². The Hall–Kier alpha value is -1.05. The normalized spacial score (nSPS) is 30.5. The Morgan fingerprint density at radius 1 is 1.38 bits per heavy atom. The molecule has 0 bridgehead atoms. The molecule has 88 valence electrons. The Morgan fingerprint density at radius 2 is 2.12 bits per heavy atom. The number of allylic oxidation sites excluding steroid dienone is 3. The van der Waals surface area contributed by atoms with Gasteiger partial charge in [0, 0.05) is 5.57 Å². The molecule has 1 N–H and O–H groups in total. The van der Waals surface area contributed by atoms with E-state index in [2.05, 4.69) is 6.92 Å². The lowest BCUT2D eigenvalue weighted by molar-refractivity contribution is -0.132. The van der Waals surface area contributed by atoms with Crippen LogP contribution in [0.4, 0.5) is 0 Å². The minimum Gasteiger partial charge on any atom is -0.478 e. The number of carboxylic acid groups (broad SMARTS) is 1. The average molecular weight is 220 g/mol. The van der Waals surface area contributed by atoms with Gasteiger partial charge in [-0.25, -0.2) is 4.79 Å². The molecule has 16 heavy (non-hydrogen) atoms. The number of hydrogen-bond acceptors (Lipinski definition) is 1. The van der Waals surface area contributed by atoms with Crippen molar-refractivity contribution in [3.63, 3.8) is 0 Å². The Balaban J connectivity index is 2.24. The van der Waals surface area contributed by atoms with Crippen molar-refractivity contribution in [2.75, 3.05) is 0 Å². The third kappa shape index (κ3) is 2.06. The topological polar surface area (TPSA) is 37.3 Å². The van der Waals surface area contributed by atoms with E-state index in [1.165, 1.54) is 31.3 Å². The van der Waals surface area contributed by atoms with Crippen LogP contribution >= 0.6 is 0 Å². The van der Waals surface area contributed by atoms with Crippen molar-refractivity contribution < 1.29 is 9.90 Å². The van der Waals surface area contributed by atoms with E-state index >= 15 is 0 Å². The van der Waals surface area contributed by atoms with Gasteiger partial charge in [-0.15, -0.1) is 0 Å². The molecular weight excluding hydrogens is 200 g/mol. The summed E-state index contributed by atoms with van der Waals surface area (Å²) in [5.74, 6) is 0.368. The van der Waals surface area contributed by atoms with Gasteiger partial charge in [0.05, 0.1) is 0 Å². The van der Waals surface area contributed by atoms with Crippen molar-refractivity contribution in [3.8, 4) is 0 Å². The fraction of sp³-hybridized carbons (Fsp3) is 0.643. The fourth-order valence-corrected chi connectivity index (χ4v) is 3.24. The zero-order valence-corrected chi connectivity index (χ0v) is 10.1. The number of fused-ring (bicyclic) bond motifs is 1. The van der Waals surface area contributed by atoms with Crippen molar-refractivity contribution in [2.45, 2.75) is 46.0 Å². The summed E-state index contributed by atoms with van der Waals surface area (Å²) in [5, 5.41) is 8.93. The molecule has 2 unspecified atom stereocenters. The van der Waals surface area contributed by atoms with Gasteiger partial charge in [0.2, 0.25) is 0 Å². The molecule has 0 spiro atoms. The summed E-state index contributed by atoms with van der Waals surface area (Å²) in [4.78, 5) is 10.9. The summed E-state index contributed by atoms with van der Waals surface area (Å²) < 4.78 is 0. The van der Waals surface area contributed by atoms with Crippen LogP contribution in [0.2, 0.25) is 0 Å². The predicted octanol–water partition coefficient (Wildman–Crippen LogP) is 3.54. The van der Waals surface area contributed by atoms with Gasteiger partial charge in [0.15, 0.2) is 0 Å². The molecule has 1 saturated carbocycles. The lowest BCUT2D eigenvalue weighted by Crippen LogP contribution is -2.16. The van der Waals surface area contributed by atoms with Crippen LogP contribution in [0.1, 0.15) is 46.0 Å². The maximum Gasteiger partial charge on any atom is 0.330 e. The average Bonchev–Trinajstić information content (AvgIpc) is 2.61. The maximum absolute atomic E-state index is 10.9. The van der Waals surface area contributed by atoms with E-state index in [0.29, 0.717) is 11.5 Å². The molecular formula is C14H20O2. The smallest absolute Gasteiger partial charge is 0.330 e. The molecule has 2 rings (SSSR count). The predicted molar refractivity (Wildman–Crippen MR) is 64.2 cm³/mol. The highest BCUT2D eigenvalue weighted by Crippen LogP contribution is 2.45. The second-order valence-electron chi connectivity index (χ2n) is 5.16.